The van der Waals surface area contributed by atoms with Crippen molar-refractivity contribution in [2.45, 2.75) is 71.6 Å². The van der Waals surface area contributed by atoms with E-state index in [9.17, 15) is 19.2 Å². The predicted molar refractivity (Wildman–Crippen MR) is 98.0 cm³/mol. The molecular formula is C18H32N4O4. The number of likely N-dealkylation sites (tertiary alicyclic amines) is 1. The molecule has 1 fully saturated rings. The van der Waals surface area contributed by atoms with Gasteiger partial charge in [0.1, 0.15) is 18.4 Å². The van der Waals surface area contributed by atoms with Crippen molar-refractivity contribution >= 4 is 24.0 Å². The van der Waals surface area contributed by atoms with Crippen LogP contribution in [-0.2, 0) is 19.2 Å². The Bertz CT molecular complexity index is 535. The normalized spacial score (nSPS) is 20.6. The van der Waals surface area contributed by atoms with Crippen LogP contribution in [0.2, 0.25) is 0 Å². The molecule has 3 amide bonds. The minimum Gasteiger partial charge on any atom is -0.345 e. The van der Waals surface area contributed by atoms with Crippen LogP contribution in [0.3, 0.4) is 0 Å². The molecule has 0 spiro atoms. The maximum atomic E-state index is 12.7. The van der Waals surface area contributed by atoms with Crippen LogP contribution in [0.15, 0.2) is 0 Å². The molecule has 26 heavy (non-hydrogen) atoms. The first kappa shape index (κ1) is 22.1. The SMILES string of the molecule is CC(C=O)NC(=O)C(NC(=O)C1CCCN1C(=O)C(N)C(C)C)C(C)C. The quantitative estimate of drug-likeness (QED) is 0.513. The molecule has 0 saturated carbocycles. The monoisotopic (exact) mass is 368 g/mol. The van der Waals surface area contributed by atoms with Crippen molar-refractivity contribution in [1.29, 1.82) is 0 Å². The van der Waals surface area contributed by atoms with Crippen molar-refractivity contribution in [3.63, 3.8) is 0 Å². The summed E-state index contributed by atoms with van der Waals surface area (Å²) in [5.41, 5.74) is 5.95. The van der Waals surface area contributed by atoms with Gasteiger partial charge in [0, 0.05) is 6.54 Å². The first-order valence-electron chi connectivity index (χ1n) is 9.22. The van der Waals surface area contributed by atoms with Crippen molar-refractivity contribution in [1.82, 2.24) is 15.5 Å². The first-order chi connectivity index (χ1) is 12.1. The Kier molecular flexibility index (Phi) is 8.20. The van der Waals surface area contributed by atoms with E-state index in [0.717, 1.165) is 6.42 Å². The van der Waals surface area contributed by atoms with E-state index in [1.807, 2.05) is 27.7 Å². The van der Waals surface area contributed by atoms with Crippen LogP contribution in [0.25, 0.3) is 0 Å². The third kappa shape index (κ3) is 5.52. The molecule has 0 aromatic carbocycles. The third-order valence-electron chi connectivity index (χ3n) is 4.66. The van der Waals surface area contributed by atoms with Crippen molar-refractivity contribution in [2.24, 2.45) is 17.6 Å². The van der Waals surface area contributed by atoms with Crippen LogP contribution in [0.5, 0.6) is 0 Å². The number of aldehydes is 1. The van der Waals surface area contributed by atoms with Crippen molar-refractivity contribution < 1.29 is 19.2 Å². The smallest absolute Gasteiger partial charge is 0.243 e. The summed E-state index contributed by atoms with van der Waals surface area (Å²) in [6.45, 7) is 9.39. The summed E-state index contributed by atoms with van der Waals surface area (Å²) in [4.78, 5) is 49.9. The summed E-state index contributed by atoms with van der Waals surface area (Å²) in [6.07, 6.45) is 1.89. The van der Waals surface area contributed by atoms with Crippen LogP contribution in [0, 0.1) is 11.8 Å². The van der Waals surface area contributed by atoms with Crippen LogP contribution in [-0.4, -0.2) is 59.6 Å². The first-order valence-corrected chi connectivity index (χ1v) is 9.22. The predicted octanol–water partition coefficient (Wildman–Crippen LogP) is -0.195. The molecule has 1 aliphatic heterocycles. The number of carbonyl (C=O) groups excluding carboxylic acids is 4. The van der Waals surface area contributed by atoms with Gasteiger partial charge in [-0.25, -0.2) is 0 Å². The van der Waals surface area contributed by atoms with Gasteiger partial charge in [0.05, 0.1) is 12.1 Å². The molecular weight excluding hydrogens is 336 g/mol. The number of nitrogens with zero attached hydrogens (tertiary/aromatic N) is 1. The molecule has 0 aliphatic carbocycles. The Hall–Kier alpha value is -1.96. The van der Waals surface area contributed by atoms with Gasteiger partial charge in [-0.2, -0.15) is 0 Å². The molecule has 4 unspecified atom stereocenters. The lowest BCUT2D eigenvalue weighted by Gasteiger charge is -2.30. The van der Waals surface area contributed by atoms with Gasteiger partial charge < -0.3 is 26.1 Å². The molecule has 4 atom stereocenters. The number of amides is 3. The number of hydrogen-bond acceptors (Lipinski definition) is 5. The highest BCUT2D eigenvalue weighted by molar-refractivity contribution is 5.94. The Balaban J connectivity index is 2.83. The summed E-state index contributed by atoms with van der Waals surface area (Å²) in [5, 5.41) is 5.29. The highest BCUT2D eigenvalue weighted by Crippen LogP contribution is 2.20. The largest absolute Gasteiger partial charge is 0.345 e. The van der Waals surface area contributed by atoms with Crippen LogP contribution < -0.4 is 16.4 Å². The average molecular weight is 368 g/mol. The van der Waals surface area contributed by atoms with E-state index in [4.69, 9.17) is 5.73 Å². The van der Waals surface area contributed by atoms with Crippen molar-refractivity contribution in [3.05, 3.63) is 0 Å². The Morgan fingerprint density at radius 3 is 2.19 bits per heavy atom. The summed E-state index contributed by atoms with van der Waals surface area (Å²) < 4.78 is 0. The highest BCUT2D eigenvalue weighted by Gasteiger charge is 2.38. The molecule has 1 aliphatic rings. The zero-order valence-electron chi connectivity index (χ0n) is 16.3. The standard InChI is InChI=1S/C18H32N4O4/c1-10(2)14(19)18(26)22-8-6-7-13(22)16(24)21-15(11(3)4)17(25)20-12(5)9-23/h9-15H,6-8,19H2,1-5H3,(H,20,25)(H,21,24). The van der Waals surface area contributed by atoms with E-state index in [0.29, 0.717) is 19.3 Å². The second-order valence-electron chi connectivity index (χ2n) is 7.62. The van der Waals surface area contributed by atoms with Gasteiger partial charge >= 0.3 is 0 Å². The molecule has 0 radical (unpaired) electrons. The van der Waals surface area contributed by atoms with E-state index < -0.39 is 30.1 Å². The summed E-state index contributed by atoms with van der Waals surface area (Å²) in [6, 6.07) is -2.68. The third-order valence-corrected chi connectivity index (χ3v) is 4.66. The van der Waals surface area contributed by atoms with E-state index in [2.05, 4.69) is 10.6 Å². The molecule has 1 heterocycles. The Labute approximate surface area is 155 Å². The van der Waals surface area contributed by atoms with E-state index >= 15 is 0 Å². The summed E-state index contributed by atoms with van der Waals surface area (Å²) >= 11 is 0. The summed E-state index contributed by atoms with van der Waals surface area (Å²) in [5.74, 6) is -1.20. The number of nitrogens with one attached hydrogen (secondary N) is 2. The number of nitrogens with two attached hydrogens (primary N) is 1. The van der Waals surface area contributed by atoms with Gasteiger partial charge in [-0.15, -0.1) is 0 Å². The molecule has 8 nitrogen and oxygen atoms in total. The Morgan fingerprint density at radius 1 is 1.08 bits per heavy atom. The maximum Gasteiger partial charge on any atom is 0.243 e. The van der Waals surface area contributed by atoms with Gasteiger partial charge in [0.15, 0.2) is 0 Å². The molecule has 148 valence electrons. The highest BCUT2D eigenvalue weighted by atomic mass is 16.2. The number of hydrogen-bond donors (Lipinski definition) is 3. The van der Waals surface area contributed by atoms with E-state index in [1.54, 1.807) is 6.92 Å². The van der Waals surface area contributed by atoms with Gasteiger partial charge in [-0.1, -0.05) is 27.7 Å². The van der Waals surface area contributed by atoms with Crippen LogP contribution in [0.1, 0.15) is 47.5 Å². The fraction of sp³-hybridized carbons (Fsp3) is 0.778. The molecule has 1 saturated heterocycles. The lowest BCUT2D eigenvalue weighted by atomic mass is 10.0. The molecule has 4 N–H and O–H groups in total. The van der Waals surface area contributed by atoms with Gasteiger partial charge in [-0.05, 0) is 31.6 Å². The Morgan fingerprint density at radius 2 is 1.69 bits per heavy atom. The maximum absolute atomic E-state index is 12.7. The van der Waals surface area contributed by atoms with Gasteiger partial charge in [-0.3, -0.25) is 14.4 Å². The second kappa shape index (κ2) is 9.66. The zero-order valence-corrected chi connectivity index (χ0v) is 16.3. The lowest BCUT2D eigenvalue weighted by Crippen LogP contribution is -2.57. The van der Waals surface area contributed by atoms with Crippen LogP contribution >= 0.6 is 0 Å². The van der Waals surface area contributed by atoms with Crippen molar-refractivity contribution in [2.75, 3.05) is 6.54 Å². The fourth-order valence-corrected chi connectivity index (χ4v) is 2.91. The topological polar surface area (TPSA) is 122 Å². The minimum absolute atomic E-state index is 0.0224. The minimum atomic E-state index is -0.777. The van der Waals surface area contributed by atoms with E-state index in [1.165, 1.54) is 4.90 Å². The lowest BCUT2D eigenvalue weighted by molar-refractivity contribution is -0.141. The second-order valence-corrected chi connectivity index (χ2v) is 7.62. The molecule has 0 aromatic heterocycles. The van der Waals surface area contributed by atoms with Gasteiger partial charge in [0.25, 0.3) is 0 Å². The zero-order chi connectivity index (χ0) is 20.0. The van der Waals surface area contributed by atoms with Gasteiger partial charge in [0.2, 0.25) is 17.7 Å². The molecule has 0 bridgehead atoms. The average Bonchev–Trinajstić information content (AvgIpc) is 3.06. The molecule has 1 rings (SSSR count). The molecule has 0 aromatic rings. The fourth-order valence-electron chi connectivity index (χ4n) is 2.91. The number of carbonyl (C=O) groups is 4. The van der Waals surface area contributed by atoms with E-state index in [-0.39, 0.29) is 23.7 Å². The summed E-state index contributed by atoms with van der Waals surface area (Å²) in [7, 11) is 0. The van der Waals surface area contributed by atoms with Crippen molar-refractivity contribution in [3.8, 4) is 0 Å². The van der Waals surface area contributed by atoms with Crippen LogP contribution in [0.4, 0.5) is 0 Å². The molecule has 8 heteroatoms. The number of rotatable bonds is 8.